The van der Waals surface area contributed by atoms with Crippen LogP contribution in [-0.4, -0.2) is 131 Å². The number of aliphatic hydroxyl groups excluding tert-OH is 5. The first-order valence-electron chi connectivity index (χ1n) is 20.4. The number of carbonyl (C=O) groups is 1. The van der Waals surface area contributed by atoms with Crippen LogP contribution in [-0.2, 0) is 43.1 Å². The first-order valence-corrected chi connectivity index (χ1v) is 21.7. The Bertz CT molecular complexity index is 1600. The Labute approximate surface area is 357 Å². The van der Waals surface area contributed by atoms with Gasteiger partial charge in [-0.15, -0.1) is 0 Å². The zero-order chi connectivity index (χ0) is 40.8. The van der Waals surface area contributed by atoms with Gasteiger partial charge in [0.2, 0.25) is 10.4 Å². The molecule has 0 bridgehead atoms. The molecule has 0 spiro atoms. The van der Waals surface area contributed by atoms with E-state index in [0.29, 0.717) is 42.9 Å². The second-order valence-electron chi connectivity index (χ2n) is 18.7. The van der Waals surface area contributed by atoms with Gasteiger partial charge in [0.05, 0.1) is 37.0 Å². The Kier molecular flexibility index (Phi) is 13.9. The molecule has 7 rings (SSSR count). The van der Waals surface area contributed by atoms with Gasteiger partial charge in [0.15, 0.2) is 12.6 Å². The van der Waals surface area contributed by atoms with Crippen molar-refractivity contribution in [3.63, 3.8) is 0 Å². The van der Waals surface area contributed by atoms with Gasteiger partial charge in [0, 0.05) is 0 Å². The monoisotopic (exact) mass is 839 g/mol. The van der Waals surface area contributed by atoms with Crippen molar-refractivity contribution < 1.29 is 106 Å². The number of allylic oxidation sites excluding steroid dienone is 2. The zero-order valence-corrected chi connectivity index (χ0v) is 36.7. The van der Waals surface area contributed by atoms with E-state index in [1.165, 1.54) is 5.57 Å². The van der Waals surface area contributed by atoms with Gasteiger partial charge in [0.1, 0.15) is 42.7 Å². The van der Waals surface area contributed by atoms with E-state index in [9.17, 15) is 48.4 Å². The Balaban J connectivity index is 0.00000549. The molecule has 3 saturated carbocycles. The number of hydrogen-bond donors (Lipinski definition) is 5. The Morgan fingerprint density at radius 3 is 2.25 bits per heavy atom. The molecule has 5 N–H and O–H groups in total. The predicted octanol–water partition coefficient (Wildman–Crippen LogP) is -2.87. The number of fused-ring (bicyclic) bond motifs is 5. The van der Waals surface area contributed by atoms with Gasteiger partial charge in [-0.25, -0.2) is 8.42 Å². The average molecular weight is 840 g/mol. The normalized spacial score (nSPS) is 49.4. The SMILES string of the molecule is CC(C)[C@H](C)C1OC1C(C)[C@H]1CCC2C3CC(OS(=O)(=O)[O-])C4C[C@@H](OC5OC(C(=O)[O-])C(O)C(O)C5OC5OCC(O)C(O)C5O)CC[C@]4(C)C3=CC[C@@]21C.[Na+]. The Morgan fingerprint density at radius 1 is 0.895 bits per heavy atom. The van der Waals surface area contributed by atoms with Crippen LogP contribution in [0.15, 0.2) is 11.6 Å². The van der Waals surface area contributed by atoms with Crippen LogP contribution in [0.25, 0.3) is 0 Å². The fraction of sp³-hybridized carbons (Fsp3) is 0.923. The van der Waals surface area contributed by atoms with E-state index < -0.39 is 102 Å². The number of ether oxygens (including phenoxy) is 5. The summed E-state index contributed by atoms with van der Waals surface area (Å²) in [5.74, 6) is -0.334. The molecule has 0 amide bonds. The third-order valence-electron chi connectivity index (χ3n) is 15.4. The van der Waals surface area contributed by atoms with Crippen LogP contribution in [0.2, 0.25) is 0 Å². The van der Waals surface area contributed by atoms with Crippen molar-refractivity contribution in [1.82, 2.24) is 0 Å². The summed E-state index contributed by atoms with van der Waals surface area (Å²) in [6.07, 6.45) is -10.5. The van der Waals surface area contributed by atoms with Crippen molar-refractivity contribution >= 4 is 16.4 Å². The third-order valence-corrected chi connectivity index (χ3v) is 15.9. The first kappa shape index (κ1) is 46.2. The van der Waals surface area contributed by atoms with Crippen molar-refractivity contribution in [3.05, 3.63) is 11.6 Å². The summed E-state index contributed by atoms with van der Waals surface area (Å²) in [5, 5.41) is 64.2. The number of rotatable bonds is 11. The number of aliphatic hydroxyl groups is 5. The molecule has 0 radical (unpaired) electrons. The molecule has 6 fully saturated rings. The second-order valence-corrected chi connectivity index (χ2v) is 19.7. The van der Waals surface area contributed by atoms with E-state index in [-0.39, 0.29) is 65.4 Å². The number of carbonyl (C=O) groups excluding carboxylic acids is 1. The van der Waals surface area contributed by atoms with E-state index in [1.807, 2.05) is 0 Å². The summed E-state index contributed by atoms with van der Waals surface area (Å²) in [7, 11) is -5.12. The molecule has 16 unspecified atom stereocenters. The minimum absolute atomic E-state index is 0. The van der Waals surface area contributed by atoms with Crippen molar-refractivity contribution in [1.29, 1.82) is 0 Å². The van der Waals surface area contributed by atoms with Crippen molar-refractivity contribution in [2.75, 3.05) is 6.61 Å². The molecule has 21 atom stereocenters. The third kappa shape index (κ3) is 8.59. The molecule has 3 saturated heterocycles. The molecule has 0 aromatic rings. The van der Waals surface area contributed by atoms with Gasteiger partial charge in [-0.3, -0.25) is 4.18 Å². The van der Waals surface area contributed by atoms with Crippen LogP contribution in [0.3, 0.4) is 0 Å². The van der Waals surface area contributed by atoms with E-state index in [0.717, 1.165) is 19.3 Å². The summed E-state index contributed by atoms with van der Waals surface area (Å²) < 4.78 is 71.6. The molecular formula is C39H60NaO16S-. The molecule has 320 valence electrons. The number of carboxylic acid groups (broad SMARTS) is 1. The van der Waals surface area contributed by atoms with Crippen molar-refractivity contribution in [2.24, 2.45) is 52.3 Å². The summed E-state index contributed by atoms with van der Waals surface area (Å²) in [6, 6.07) is 0. The number of carboxylic acids is 1. The van der Waals surface area contributed by atoms with E-state index >= 15 is 0 Å². The Morgan fingerprint density at radius 2 is 1.60 bits per heavy atom. The molecule has 3 aliphatic heterocycles. The predicted molar refractivity (Wildman–Crippen MR) is 190 cm³/mol. The number of aliphatic carboxylic acids is 1. The van der Waals surface area contributed by atoms with Crippen molar-refractivity contribution in [2.45, 2.75) is 166 Å². The maximum atomic E-state index is 12.3. The van der Waals surface area contributed by atoms with E-state index in [1.54, 1.807) is 0 Å². The van der Waals surface area contributed by atoms with E-state index in [2.05, 4.69) is 47.6 Å². The summed E-state index contributed by atoms with van der Waals surface area (Å²) in [6.45, 7) is 13.0. The first-order chi connectivity index (χ1) is 26.2. The molecule has 18 heteroatoms. The minimum atomic E-state index is -5.12. The van der Waals surface area contributed by atoms with E-state index in [4.69, 9.17) is 27.9 Å². The van der Waals surface area contributed by atoms with Gasteiger partial charge in [-0.2, -0.15) is 0 Å². The van der Waals surface area contributed by atoms with Crippen LogP contribution in [0.1, 0.15) is 86.5 Å². The molecule has 0 aromatic carbocycles. The number of epoxide rings is 1. The van der Waals surface area contributed by atoms with Crippen molar-refractivity contribution in [3.8, 4) is 0 Å². The standard InChI is InChI=1S/C39H62O16S.Na/c1-16(2)17(3)31-32(52-31)18(4)21-7-8-22-20-14-26(55-56(47,48)49)24-13-19(9-11-39(24,6)23(20)10-12-38(21,22)5)51-37-34(29(43)28(42)33(53-37)35(45)46)54-36-30(44)27(41)25(40)15-50-36;/h10,16-22,24-34,36-37,40-44H,7-9,11-15H2,1-6H3,(H,45,46)(H,47,48,49);/q;+1/p-2/t17-,18?,19-,20?,21+,22?,24?,25?,26?,27?,28?,29?,30?,31?,32?,33?,34?,36?,37?,38+,39+;/m0./s1. The van der Waals surface area contributed by atoms with Gasteiger partial charge in [-0.05, 0) is 97.2 Å². The summed E-state index contributed by atoms with van der Waals surface area (Å²) in [5.41, 5.74) is 0.626. The topological polar surface area (TPSA) is 257 Å². The number of hydrogen-bond acceptors (Lipinski definition) is 16. The van der Waals surface area contributed by atoms with Crippen LogP contribution in [0.5, 0.6) is 0 Å². The zero-order valence-electron chi connectivity index (χ0n) is 33.9. The average Bonchev–Trinajstić information content (AvgIpc) is 3.84. The van der Waals surface area contributed by atoms with Gasteiger partial charge < -0.3 is 63.7 Å². The quantitative estimate of drug-likeness (QED) is 0.0350. The largest absolute Gasteiger partial charge is 1.00 e. The maximum Gasteiger partial charge on any atom is 1.00 e. The minimum Gasteiger partial charge on any atom is -0.726 e. The van der Waals surface area contributed by atoms with Crippen LogP contribution in [0, 0.1) is 52.3 Å². The smallest absolute Gasteiger partial charge is 0.726 e. The fourth-order valence-electron chi connectivity index (χ4n) is 11.9. The van der Waals surface area contributed by atoms with Crippen LogP contribution < -0.4 is 34.7 Å². The molecule has 7 aliphatic rings. The molecular weight excluding hydrogens is 779 g/mol. The van der Waals surface area contributed by atoms with Gasteiger partial charge >= 0.3 is 29.6 Å². The maximum absolute atomic E-state index is 12.3. The van der Waals surface area contributed by atoms with Crippen LogP contribution >= 0.6 is 0 Å². The molecule has 3 heterocycles. The van der Waals surface area contributed by atoms with Gasteiger partial charge in [0.25, 0.3) is 0 Å². The summed E-state index contributed by atoms with van der Waals surface area (Å²) in [4.78, 5) is 11.9. The van der Waals surface area contributed by atoms with Gasteiger partial charge in [-0.1, -0.05) is 53.2 Å². The fourth-order valence-corrected chi connectivity index (χ4v) is 12.4. The summed E-state index contributed by atoms with van der Waals surface area (Å²) >= 11 is 0. The van der Waals surface area contributed by atoms with Crippen LogP contribution in [0.4, 0.5) is 0 Å². The molecule has 57 heavy (non-hydrogen) atoms. The molecule has 0 aromatic heterocycles. The molecule has 16 nitrogen and oxygen atoms in total. The molecule has 4 aliphatic carbocycles. The second kappa shape index (κ2) is 17.1. The Hall–Kier alpha value is -0.320.